The number of nitrogens with zero attached hydrogens (tertiary/aromatic N) is 1. The van der Waals surface area contributed by atoms with Gasteiger partial charge in [0.05, 0.1) is 4.70 Å². The van der Waals surface area contributed by atoms with Crippen molar-refractivity contribution in [1.29, 1.82) is 0 Å². The van der Waals surface area contributed by atoms with E-state index in [9.17, 15) is 0 Å². The van der Waals surface area contributed by atoms with Crippen LogP contribution in [0.15, 0.2) is 23.8 Å². The van der Waals surface area contributed by atoms with E-state index in [1.807, 2.05) is 0 Å². The van der Waals surface area contributed by atoms with Gasteiger partial charge >= 0.3 is 0 Å². The highest BCUT2D eigenvalue weighted by atomic mass is 32.1. The molecule has 2 heterocycles. The first-order valence-electron chi connectivity index (χ1n) is 6.37. The Kier molecular flexibility index (Phi) is 3.99. The maximum absolute atomic E-state index is 6.18. The summed E-state index contributed by atoms with van der Waals surface area (Å²) in [5.74, 6) is 0. The van der Waals surface area contributed by atoms with Crippen molar-refractivity contribution < 1.29 is 4.43 Å². The minimum Gasteiger partial charge on any atom is -0.397 e. The molecule has 0 aliphatic carbocycles. The van der Waals surface area contributed by atoms with Crippen LogP contribution in [0.5, 0.6) is 0 Å². The van der Waals surface area contributed by atoms with E-state index in [4.69, 9.17) is 4.43 Å². The Balaban J connectivity index is 2.24. The smallest absolute Gasteiger partial charge is 0.207 e. The number of aromatic nitrogens is 1. The summed E-state index contributed by atoms with van der Waals surface area (Å²) in [5.41, 5.74) is 0.277. The van der Waals surface area contributed by atoms with Gasteiger partial charge in [0.25, 0.3) is 0 Å². The van der Waals surface area contributed by atoms with Gasteiger partial charge < -0.3 is 8.99 Å². The third-order valence-electron chi connectivity index (χ3n) is 2.77. The topological polar surface area (TPSA) is 14.2 Å². The van der Waals surface area contributed by atoms with Crippen LogP contribution in [0.2, 0.25) is 13.1 Å². The van der Waals surface area contributed by atoms with Crippen LogP contribution in [0, 0.1) is 5.41 Å². The van der Waals surface area contributed by atoms with Gasteiger partial charge in [0.15, 0.2) is 0 Å². The van der Waals surface area contributed by atoms with E-state index in [0.29, 0.717) is 0 Å². The number of fused-ring (bicyclic) bond motifs is 1. The van der Waals surface area contributed by atoms with E-state index in [-0.39, 0.29) is 11.6 Å². The molecule has 0 aliphatic rings. The second-order valence-corrected chi connectivity index (χ2v) is 9.19. The Hall–Kier alpha value is -0.583. The fraction of sp³-hybridized carbons (Fsp3) is 0.571. The van der Waals surface area contributed by atoms with Crippen molar-refractivity contribution in [3.8, 4) is 0 Å². The van der Waals surface area contributed by atoms with Crippen molar-refractivity contribution >= 4 is 30.5 Å². The molecule has 0 bridgehead atoms. The van der Waals surface area contributed by atoms with Crippen LogP contribution in [-0.4, -0.2) is 13.6 Å². The highest BCUT2D eigenvalue weighted by molar-refractivity contribution is 7.17. The molecule has 0 spiro atoms. The summed E-state index contributed by atoms with van der Waals surface area (Å²) < 4.78 is 9.78. The van der Waals surface area contributed by atoms with Gasteiger partial charge in [0.1, 0.15) is 6.23 Å². The van der Waals surface area contributed by atoms with Crippen LogP contribution in [0.25, 0.3) is 10.1 Å². The summed E-state index contributed by atoms with van der Waals surface area (Å²) in [6.07, 6.45) is 5.66. The van der Waals surface area contributed by atoms with E-state index >= 15 is 0 Å². The minimum atomic E-state index is -0.690. The summed E-state index contributed by atoms with van der Waals surface area (Å²) in [6.45, 7) is 11.2. The molecule has 0 saturated heterocycles. The Bertz CT molecular complexity index is 481. The van der Waals surface area contributed by atoms with Gasteiger partial charge in [-0.3, -0.25) is 0 Å². The maximum Gasteiger partial charge on any atom is 0.207 e. The van der Waals surface area contributed by atoms with Gasteiger partial charge in [-0.1, -0.05) is 20.8 Å². The summed E-state index contributed by atoms with van der Waals surface area (Å²) >= 11 is 1.79. The number of thiophene rings is 1. The SMILES string of the molecule is C[Si](C)OC(CC(C)(C)C)n1cc2ccsc2c1. The van der Waals surface area contributed by atoms with E-state index in [2.05, 4.69) is 62.3 Å². The number of hydrogen-bond donors (Lipinski definition) is 0. The Morgan fingerprint density at radius 2 is 2.06 bits per heavy atom. The Morgan fingerprint density at radius 1 is 1.33 bits per heavy atom. The second-order valence-electron chi connectivity index (χ2n) is 6.19. The monoisotopic (exact) mass is 280 g/mol. The van der Waals surface area contributed by atoms with Crippen LogP contribution in [0.4, 0.5) is 0 Å². The lowest BCUT2D eigenvalue weighted by molar-refractivity contribution is 0.0837. The van der Waals surface area contributed by atoms with Crippen molar-refractivity contribution in [3.05, 3.63) is 23.8 Å². The summed E-state index contributed by atoms with van der Waals surface area (Å²) in [5, 5.41) is 3.47. The molecule has 2 aromatic rings. The van der Waals surface area contributed by atoms with E-state index in [1.54, 1.807) is 11.3 Å². The van der Waals surface area contributed by atoms with Crippen molar-refractivity contribution in [2.24, 2.45) is 5.41 Å². The molecule has 2 rings (SSSR count). The first-order chi connectivity index (χ1) is 8.35. The van der Waals surface area contributed by atoms with Crippen LogP contribution < -0.4 is 0 Å². The largest absolute Gasteiger partial charge is 0.397 e. The van der Waals surface area contributed by atoms with Gasteiger partial charge in [0, 0.05) is 17.8 Å². The fourth-order valence-corrected chi connectivity index (χ4v) is 3.60. The van der Waals surface area contributed by atoms with Crippen LogP contribution >= 0.6 is 11.3 Å². The molecule has 0 saturated carbocycles. The summed E-state index contributed by atoms with van der Waals surface area (Å²) in [6, 6.07) is 2.18. The third kappa shape index (κ3) is 3.46. The summed E-state index contributed by atoms with van der Waals surface area (Å²) in [7, 11) is -0.690. The number of hydrogen-bond acceptors (Lipinski definition) is 2. The average molecular weight is 280 g/mol. The maximum atomic E-state index is 6.18. The van der Waals surface area contributed by atoms with Gasteiger partial charge in [-0.25, -0.2) is 0 Å². The molecule has 99 valence electrons. The predicted octanol–water partition coefficient (Wildman–Crippen LogP) is 4.91. The molecule has 4 heteroatoms. The molecule has 2 nitrogen and oxygen atoms in total. The van der Waals surface area contributed by atoms with Gasteiger partial charge in [0.2, 0.25) is 9.04 Å². The molecule has 0 fully saturated rings. The first-order valence-corrected chi connectivity index (χ1v) is 9.65. The van der Waals surface area contributed by atoms with E-state index < -0.39 is 9.04 Å². The van der Waals surface area contributed by atoms with Crippen molar-refractivity contribution in [2.45, 2.75) is 46.5 Å². The van der Waals surface area contributed by atoms with Crippen molar-refractivity contribution in [3.63, 3.8) is 0 Å². The highest BCUT2D eigenvalue weighted by Crippen LogP contribution is 2.31. The lowest BCUT2D eigenvalue weighted by Gasteiger charge is -2.28. The normalized spacial score (nSPS) is 14.6. The molecule has 0 N–H and O–H groups in total. The Morgan fingerprint density at radius 3 is 2.61 bits per heavy atom. The van der Waals surface area contributed by atoms with Gasteiger partial charge in [-0.05, 0) is 36.4 Å². The van der Waals surface area contributed by atoms with E-state index in [1.165, 1.54) is 10.1 Å². The van der Waals surface area contributed by atoms with Crippen LogP contribution in [-0.2, 0) is 4.43 Å². The molecule has 1 atom stereocenters. The zero-order valence-corrected chi connectivity index (χ0v) is 13.7. The van der Waals surface area contributed by atoms with Crippen LogP contribution in [0.1, 0.15) is 33.4 Å². The average Bonchev–Trinajstić information content (AvgIpc) is 2.71. The minimum absolute atomic E-state index is 0.175. The number of rotatable bonds is 4. The van der Waals surface area contributed by atoms with Crippen LogP contribution in [0.3, 0.4) is 0 Å². The standard InChI is InChI=1S/C14H22NOSSi/c1-14(2,3)8-13(16-18(4)5)15-9-11-6-7-17-12(11)10-15/h6-7,9-10,13H,8H2,1-5H3. The lowest BCUT2D eigenvalue weighted by Crippen LogP contribution is -2.23. The molecule has 1 unspecified atom stereocenters. The quantitative estimate of drug-likeness (QED) is 0.726. The third-order valence-corrected chi connectivity index (χ3v) is 4.38. The fourth-order valence-electron chi connectivity index (χ4n) is 2.05. The first kappa shape index (κ1) is 13.8. The highest BCUT2D eigenvalue weighted by Gasteiger charge is 2.22. The molecular formula is C14H22NOSSi. The molecule has 18 heavy (non-hydrogen) atoms. The molecule has 0 aliphatic heterocycles. The molecular weight excluding hydrogens is 258 g/mol. The zero-order valence-electron chi connectivity index (χ0n) is 11.9. The molecule has 0 amide bonds. The summed E-state index contributed by atoms with van der Waals surface area (Å²) in [4.78, 5) is 0. The van der Waals surface area contributed by atoms with Crippen molar-refractivity contribution in [1.82, 2.24) is 4.57 Å². The zero-order chi connectivity index (χ0) is 13.3. The Labute approximate surface area is 115 Å². The molecule has 0 aromatic carbocycles. The van der Waals surface area contributed by atoms with E-state index in [0.717, 1.165) is 6.42 Å². The van der Waals surface area contributed by atoms with Crippen molar-refractivity contribution in [2.75, 3.05) is 0 Å². The predicted molar refractivity (Wildman–Crippen MR) is 81.5 cm³/mol. The second kappa shape index (κ2) is 5.19. The lowest BCUT2D eigenvalue weighted by atomic mass is 9.91. The van der Waals surface area contributed by atoms with Gasteiger partial charge in [-0.15, -0.1) is 11.3 Å². The van der Waals surface area contributed by atoms with Gasteiger partial charge in [-0.2, -0.15) is 0 Å². The molecule has 1 radical (unpaired) electrons. The molecule has 2 aromatic heterocycles.